The van der Waals surface area contributed by atoms with E-state index in [2.05, 4.69) is 26.9 Å². The number of aromatic nitrogens is 2. The van der Waals surface area contributed by atoms with Crippen molar-refractivity contribution in [3.05, 3.63) is 30.6 Å². The van der Waals surface area contributed by atoms with Gasteiger partial charge in [0.25, 0.3) is 0 Å². The lowest BCUT2D eigenvalue weighted by atomic mass is 10.1. The first-order valence-electron chi connectivity index (χ1n) is 6.59. The number of amidine groups is 1. The minimum atomic E-state index is -0.0614. The molecule has 0 saturated heterocycles. The van der Waals surface area contributed by atoms with Crippen molar-refractivity contribution in [1.29, 1.82) is 0 Å². The van der Waals surface area contributed by atoms with Gasteiger partial charge < -0.3 is 15.8 Å². The molecule has 0 saturated carbocycles. The van der Waals surface area contributed by atoms with Gasteiger partial charge in [-0.3, -0.25) is 0 Å². The van der Waals surface area contributed by atoms with Crippen LogP contribution >= 0.6 is 0 Å². The van der Waals surface area contributed by atoms with Gasteiger partial charge in [-0.1, -0.05) is 24.2 Å². The zero-order valence-corrected chi connectivity index (χ0v) is 11.7. The highest BCUT2D eigenvalue weighted by Gasteiger charge is 2.16. The van der Waals surface area contributed by atoms with Gasteiger partial charge in [0.2, 0.25) is 0 Å². The Morgan fingerprint density at radius 3 is 2.85 bits per heavy atom. The van der Waals surface area contributed by atoms with E-state index in [-0.39, 0.29) is 11.8 Å². The first kappa shape index (κ1) is 14.0. The van der Waals surface area contributed by atoms with Gasteiger partial charge in [0.15, 0.2) is 0 Å². The topological polar surface area (TPSA) is 87.6 Å². The average molecular weight is 273 g/mol. The van der Waals surface area contributed by atoms with Crippen LogP contribution in [-0.4, -0.2) is 34.1 Å². The summed E-state index contributed by atoms with van der Waals surface area (Å²) >= 11 is 0. The van der Waals surface area contributed by atoms with E-state index in [1.54, 1.807) is 6.33 Å². The van der Waals surface area contributed by atoms with E-state index in [1.165, 1.54) is 0 Å². The Hall–Kier alpha value is -2.37. The van der Waals surface area contributed by atoms with E-state index in [1.807, 2.05) is 31.2 Å². The van der Waals surface area contributed by atoms with Gasteiger partial charge in [0.05, 0.1) is 5.52 Å². The number of nitrogens with zero attached hydrogens (tertiary/aromatic N) is 4. The molecule has 0 aliphatic heterocycles. The highest BCUT2D eigenvalue weighted by atomic mass is 16.4. The maximum Gasteiger partial charge on any atom is 0.143 e. The SMILES string of the molecule is CCN(CC(C)C(N)=NO)c1ncnc2ccccc12. The summed E-state index contributed by atoms with van der Waals surface area (Å²) in [6.45, 7) is 5.38. The zero-order chi connectivity index (χ0) is 14.5. The number of para-hydroxylation sites is 1. The van der Waals surface area contributed by atoms with Crippen molar-refractivity contribution < 1.29 is 5.21 Å². The lowest BCUT2D eigenvalue weighted by molar-refractivity contribution is 0.314. The average Bonchev–Trinajstić information content (AvgIpc) is 2.51. The summed E-state index contributed by atoms with van der Waals surface area (Å²) in [7, 11) is 0. The first-order chi connectivity index (χ1) is 9.67. The van der Waals surface area contributed by atoms with Crippen LogP contribution in [-0.2, 0) is 0 Å². The summed E-state index contributed by atoms with van der Waals surface area (Å²) in [5, 5.41) is 12.8. The first-order valence-corrected chi connectivity index (χ1v) is 6.59. The molecule has 0 aliphatic carbocycles. The minimum absolute atomic E-state index is 0.0614. The number of hydrogen-bond acceptors (Lipinski definition) is 5. The molecule has 0 spiro atoms. The summed E-state index contributed by atoms with van der Waals surface area (Å²) in [6.07, 6.45) is 1.56. The molecule has 1 aromatic carbocycles. The van der Waals surface area contributed by atoms with Gasteiger partial charge in [-0.25, -0.2) is 9.97 Å². The molecule has 0 radical (unpaired) electrons. The van der Waals surface area contributed by atoms with E-state index >= 15 is 0 Å². The molecule has 3 N–H and O–H groups in total. The molecular formula is C14H19N5O. The molecule has 1 unspecified atom stereocenters. The maximum absolute atomic E-state index is 8.75. The van der Waals surface area contributed by atoms with Crippen LogP contribution < -0.4 is 10.6 Å². The fraction of sp³-hybridized carbons (Fsp3) is 0.357. The maximum atomic E-state index is 8.75. The Morgan fingerprint density at radius 1 is 1.40 bits per heavy atom. The fourth-order valence-corrected chi connectivity index (χ4v) is 2.13. The summed E-state index contributed by atoms with van der Waals surface area (Å²) < 4.78 is 0. The lowest BCUT2D eigenvalue weighted by Gasteiger charge is -2.25. The predicted octanol–water partition coefficient (Wildman–Crippen LogP) is 1.84. The Kier molecular flexibility index (Phi) is 4.34. The van der Waals surface area contributed by atoms with Gasteiger partial charge in [-0.15, -0.1) is 0 Å². The van der Waals surface area contributed by atoms with E-state index in [0.29, 0.717) is 6.54 Å². The summed E-state index contributed by atoms with van der Waals surface area (Å²) in [5.41, 5.74) is 6.56. The van der Waals surface area contributed by atoms with Crippen molar-refractivity contribution >= 4 is 22.6 Å². The highest BCUT2D eigenvalue weighted by Crippen LogP contribution is 2.23. The summed E-state index contributed by atoms with van der Waals surface area (Å²) in [4.78, 5) is 10.8. The van der Waals surface area contributed by atoms with Crippen molar-refractivity contribution in [2.75, 3.05) is 18.0 Å². The normalized spacial score (nSPS) is 13.4. The number of anilines is 1. The highest BCUT2D eigenvalue weighted by molar-refractivity contribution is 5.89. The fourth-order valence-electron chi connectivity index (χ4n) is 2.13. The van der Waals surface area contributed by atoms with Gasteiger partial charge >= 0.3 is 0 Å². The second kappa shape index (κ2) is 6.18. The molecule has 1 atom stereocenters. The summed E-state index contributed by atoms with van der Waals surface area (Å²) in [5.74, 6) is 1.03. The number of rotatable bonds is 5. The standard InChI is InChI=1S/C14H19N5O/c1-3-19(8-10(2)13(15)18-20)14-11-6-4-5-7-12(11)16-9-17-14/h4-7,9-10,20H,3,8H2,1-2H3,(H2,15,18). The van der Waals surface area contributed by atoms with Crippen LogP contribution in [0.5, 0.6) is 0 Å². The van der Waals surface area contributed by atoms with E-state index in [4.69, 9.17) is 10.9 Å². The third-order valence-electron chi connectivity index (χ3n) is 3.32. The molecule has 0 fully saturated rings. The van der Waals surface area contributed by atoms with Gasteiger partial charge in [-0.2, -0.15) is 0 Å². The minimum Gasteiger partial charge on any atom is -0.409 e. The Labute approximate surface area is 117 Å². The number of hydrogen-bond donors (Lipinski definition) is 2. The van der Waals surface area contributed by atoms with Gasteiger partial charge in [0.1, 0.15) is 18.0 Å². The molecule has 2 rings (SSSR count). The second-order valence-electron chi connectivity index (χ2n) is 4.68. The monoisotopic (exact) mass is 273 g/mol. The van der Waals surface area contributed by atoms with Crippen molar-refractivity contribution in [2.45, 2.75) is 13.8 Å². The van der Waals surface area contributed by atoms with Crippen LogP contribution in [0.25, 0.3) is 10.9 Å². The van der Waals surface area contributed by atoms with Gasteiger partial charge in [0, 0.05) is 24.4 Å². The Balaban J connectivity index is 2.35. The van der Waals surface area contributed by atoms with Gasteiger partial charge in [-0.05, 0) is 19.1 Å². The third kappa shape index (κ3) is 2.79. The molecule has 0 amide bonds. The van der Waals surface area contributed by atoms with E-state index in [0.717, 1.165) is 23.3 Å². The number of benzene rings is 1. The number of nitrogens with two attached hydrogens (primary N) is 1. The smallest absolute Gasteiger partial charge is 0.143 e. The molecule has 2 aromatic rings. The quantitative estimate of drug-likeness (QED) is 0.375. The molecule has 0 aliphatic rings. The largest absolute Gasteiger partial charge is 0.409 e. The van der Waals surface area contributed by atoms with Crippen molar-refractivity contribution in [2.24, 2.45) is 16.8 Å². The number of oxime groups is 1. The molecule has 6 nitrogen and oxygen atoms in total. The van der Waals surface area contributed by atoms with Crippen LogP contribution in [0.15, 0.2) is 35.7 Å². The molecular weight excluding hydrogens is 254 g/mol. The Bertz CT molecular complexity index is 608. The van der Waals surface area contributed by atoms with Crippen molar-refractivity contribution in [1.82, 2.24) is 9.97 Å². The molecule has 20 heavy (non-hydrogen) atoms. The molecule has 1 aromatic heterocycles. The third-order valence-corrected chi connectivity index (χ3v) is 3.32. The molecule has 6 heteroatoms. The van der Waals surface area contributed by atoms with Crippen LogP contribution in [0.4, 0.5) is 5.82 Å². The zero-order valence-electron chi connectivity index (χ0n) is 11.7. The van der Waals surface area contributed by atoms with Crippen molar-refractivity contribution in [3.63, 3.8) is 0 Å². The van der Waals surface area contributed by atoms with E-state index in [9.17, 15) is 0 Å². The lowest BCUT2D eigenvalue weighted by Crippen LogP contribution is -2.35. The molecule has 0 bridgehead atoms. The molecule has 106 valence electrons. The number of fused-ring (bicyclic) bond motifs is 1. The molecule has 1 heterocycles. The summed E-state index contributed by atoms with van der Waals surface area (Å²) in [6, 6.07) is 7.88. The second-order valence-corrected chi connectivity index (χ2v) is 4.68. The Morgan fingerprint density at radius 2 is 2.15 bits per heavy atom. The van der Waals surface area contributed by atoms with Crippen LogP contribution in [0.2, 0.25) is 0 Å². The van der Waals surface area contributed by atoms with Crippen LogP contribution in [0.3, 0.4) is 0 Å². The van der Waals surface area contributed by atoms with Crippen LogP contribution in [0.1, 0.15) is 13.8 Å². The van der Waals surface area contributed by atoms with E-state index < -0.39 is 0 Å². The van der Waals surface area contributed by atoms with Crippen molar-refractivity contribution in [3.8, 4) is 0 Å². The van der Waals surface area contributed by atoms with Crippen LogP contribution in [0, 0.1) is 5.92 Å². The predicted molar refractivity (Wildman–Crippen MR) is 80.0 cm³/mol.